The monoisotopic (exact) mass is 411 g/mol. The Morgan fingerprint density at radius 3 is 2.57 bits per heavy atom. The Morgan fingerprint density at radius 2 is 1.82 bits per heavy atom. The van der Waals surface area contributed by atoms with Crippen molar-refractivity contribution < 1.29 is 9.47 Å². The van der Waals surface area contributed by atoms with Crippen LogP contribution in [0.1, 0.15) is 22.3 Å². The van der Waals surface area contributed by atoms with Crippen molar-refractivity contribution in [1.29, 1.82) is 0 Å². The molecule has 0 fully saturated rings. The Morgan fingerprint density at radius 1 is 1.00 bits per heavy atom. The summed E-state index contributed by atoms with van der Waals surface area (Å²) >= 11 is 11.7. The number of ether oxygens (including phenoxy) is 2. The van der Waals surface area contributed by atoms with Gasteiger partial charge in [0.05, 0.1) is 7.11 Å². The maximum Gasteiger partial charge on any atom is 0.161 e. The van der Waals surface area contributed by atoms with Crippen molar-refractivity contribution in [2.75, 3.05) is 7.11 Å². The van der Waals surface area contributed by atoms with Gasteiger partial charge in [-0.25, -0.2) is 0 Å². The highest BCUT2D eigenvalue weighted by molar-refractivity contribution is 7.80. The molecule has 0 aliphatic rings. The fourth-order valence-corrected chi connectivity index (χ4v) is 3.19. The average molecular weight is 412 g/mol. The summed E-state index contributed by atoms with van der Waals surface area (Å²) in [5.74, 6) is 1.27. The Kier molecular flexibility index (Phi) is 6.90. The van der Waals surface area contributed by atoms with Crippen molar-refractivity contribution in [1.82, 2.24) is 5.32 Å². The van der Waals surface area contributed by atoms with E-state index in [1.54, 1.807) is 7.11 Å². The fourth-order valence-electron chi connectivity index (χ4n) is 2.81. The number of methoxy groups -OCH3 is 1. The molecular formula is C23H22ClNO2S. The van der Waals surface area contributed by atoms with Crippen LogP contribution in [0.3, 0.4) is 0 Å². The van der Waals surface area contributed by atoms with Crippen molar-refractivity contribution in [3.63, 3.8) is 0 Å². The van der Waals surface area contributed by atoms with E-state index in [1.807, 2.05) is 48.5 Å². The van der Waals surface area contributed by atoms with E-state index in [1.165, 1.54) is 11.1 Å². The average Bonchev–Trinajstić information content (AvgIpc) is 2.71. The number of halogens is 1. The molecule has 144 valence electrons. The first-order valence-electron chi connectivity index (χ1n) is 8.95. The third-order valence-electron chi connectivity index (χ3n) is 4.30. The van der Waals surface area contributed by atoms with Crippen LogP contribution in [0.4, 0.5) is 0 Å². The summed E-state index contributed by atoms with van der Waals surface area (Å²) in [4.78, 5) is 0.664. The van der Waals surface area contributed by atoms with Crippen LogP contribution in [0.5, 0.6) is 11.5 Å². The zero-order chi connectivity index (χ0) is 19.9. The van der Waals surface area contributed by atoms with E-state index < -0.39 is 0 Å². The molecule has 3 aromatic carbocycles. The van der Waals surface area contributed by atoms with Crippen LogP contribution in [0.25, 0.3) is 0 Å². The van der Waals surface area contributed by atoms with Crippen molar-refractivity contribution >= 4 is 28.8 Å². The van der Waals surface area contributed by atoms with Gasteiger partial charge >= 0.3 is 0 Å². The molecule has 0 atom stereocenters. The maximum absolute atomic E-state index is 6.19. The molecule has 0 aliphatic heterocycles. The van der Waals surface area contributed by atoms with Crippen LogP contribution in [0.15, 0.2) is 66.7 Å². The van der Waals surface area contributed by atoms with E-state index in [4.69, 9.17) is 33.3 Å². The highest BCUT2D eigenvalue weighted by atomic mass is 35.5. The minimum atomic E-state index is 0.367. The second-order valence-electron chi connectivity index (χ2n) is 6.42. The molecule has 0 heterocycles. The molecule has 5 heteroatoms. The van der Waals surface area contributed by atoms with Gasteiger partial charge in [0.15, 0.2) is 11.5 Å². The molecule has 0 aromatic heterocycles. The van der Waals surface area contributed by atoms with E-state index in [2.05, 4.69) is 30.4 Å². The minimum absolute atomic E-state index is 0.367. The van der Waals surface area contributed by atoms with Gasteiger partial charge in [-0.05, 0) is 36.8 Å². The molecule has 0 spiro atoms. The lowest BCUT2D eigenvalue weighted by Gasteiger charge is -2.14. The Hall–Kier alpha value is -2.56. The second-order valence-corrected chi connectivity index (χ2v) is 7.23. The standard InChI is InChI=1S/C23H22ClNO2S/c1-16-6-5-7-17(12-16)14-25-23(28)18-10-11-21(22(13-18)26-2)27-15-19-8-3-4-9-20(19)24/h3-13H,14-15H2,1-2H3,(H,25,28). The Balaban J connectivity index is 1.66. The quantitative estimate of drug-likeness (QED) is 0.505. The number of hydrogen-bond acceptors (Lipinski definition) is 3. The SMILES string of the molecule is COc1cc(C(=S)NCc2cccc(C)c2)ccc1OCc1ccccc1Cl. The second kappa shape index (κ2) is 9.58. The predicted molar refractivity (Wildman–Crippen MR) is 118 cm³/mol. The van der Waals surface area contributed by atoms with Crippen molar-refractivity contribution in [2.24, 2.45) is 0 Å². The van der Waals surface area contributed by atoms with Gasteiger partial charge in [0.1, 0.15) is 11.6 Å². The molecule has 0 bridgehead atoms. The van der Waals surface area contributed by atoms with Gasteiger partial charge in [-0.3, -0.25) is 0 Å². The topological polar surface area (TPSA) is 30.5 Å². The van der Waals surface area contributed by atoms with Crippen molar-refractivity contribution in [3.8, 4) is 11.5 Å². The summed E-state index contributed by atoms with van der Waals surface area (Å²) < 4.78 is 11.4. The largest absolute Gasteiger partial charge is 0.493 e. The first-order chi connectivity index (χ1) is 13.6. The molecule has 1 N–H and O–H groups in total. The molecule has 28 heavy (non-hydrogen) atoms. The summed E-state index contributed by atoms with van der Waals surface area (Å²) in [6.45, 7) is 3.12. The third-order valence-corrected chi connectivity index (χ3v) is 5.05. The number of thiocarbonyl (C=S) groups is 1. The lowest BCUT2D eigenvalue weighted by Crippen LogP contribution is -2.21. The van der Waals surface area contributed by atoms with Gasteiger partial charge in [-0.1, -0.05) is 71.8 Å². The van der Waals surface area contributed by atoms with Crippen molar-refractivity contribution in [3.05, 3.63) is 94.0 Å². The number of benzene rings is 3. The first-order valence-corrected chi connectivity index (χ1v) is 9.73. The summed E-state index contributed by atoms with van der Waals surface area (Å²) in [7, 11) is 1.62. The number of rotatable bonds is 7. The van der Waals surface area contributed by atoms with Gasteiger partial charge in [-0.2, -0.15) is 0 Å². The van der Waals surface area contributed by atoms with E-state index in [0.717, 1.165) is 11.1 Å². The zero-order valence-electron chi connectivity index (χ0n) is 15.9. The summed E-state index contributed by atoms with van der Waals surface area (Å²) in [6, 6.07) is 21.6. The van der Waals surface area contributed by atoms with Crippen LogP contribution in [0.2, 0.25) is 5.02 Å². The third kappa shape index (κ3) is 5.24. The molecule has 0 unspecified atom stereocenters. The first kappa shape index (κ1) is 20.2. The van der Waals surface area contributed by atoms with Gasteiger partial charge in [0.25, 0.3) is 0 Å². The van der Waals surface area contributed by atoms with Gasteiger partial charge in [0.2, 0.25) is 0 Å². The van der Waals surface area contributed by atoms with E-state index >= 15 is 0 Å². The van der Waals surface area contributed by atoms with Gasteiger partial charge < -0.3 is 14.8 Å². The summed E-state index contributed by atoms with van der Waals surface area (Å²) in [5.41, 5.74) is 4.22. The van der Waals surface area contributed by atoms with E-state index in [9.17, 15) is 0 Å². The molecule has 3 nitrogen and oxygen atoms in total. The van der Waals surface area contributed by atoms with Crippen LogP contribution >= 0.6 is 23.8 Å². The van der Waals surface area contributed by atoms with Crippen LogP contribution in [0, 0.1) is 6.92 Å². The molecule has 0 amide bonds. The van der Waals surface area contributed by atoms with Crippen LogP contribution < -0.4 is 14.8 Å². The fraction of sp³-hybridized carbons (Fsp3) is 0.174. The molecular weight excluding hydrogens is 390 g/mol. The number of aryl methyl sites for hydroxylation is 1. The summed E-state index contributed by atoms with van der Waals surface area (Å²) in [6.07, 6.45) is 0. The Bertz CT molecular complexity index is 974. The minimum Gasteiger partial charge on any atom is -0.493 e. The van der Waals surface area contributed by atoms with Crippen molar-refractivity contribution in [2.45, 2.75) is 20.1 Å². The number of nitrogens with one attached hydrogen (secondary N) is 1. The van der Waals surface area contributed by atoms with Gasteiger partial charge in [-0.15, -0.1) is 0 Å². The van der Waals surface area contributed by atoms with Crippen LogP contribution in [-0.2, 0) is 13.2 Å². The molecule has 0 radical (unpaired) electrons. The zero-order valence-corrected chi connectivity index (χ0v) is 17.4. The molecule has 3 aromatic rings. The molecule has 3 rings (SSSR count). The number of hydrogen-bond donors (Lipinski definition) is 1. The highest BCUT2D eigenvalue weighted by Gasteiger charge is 2.10. The van der Waals surface area contributed by atoms with Gasteiger partial charge in [0, 0.05) is 22.7 Å². The lowest BCUT2D eigenvalue weighted by molar-refractivity contribution is 0.284. The normalized spacial score (nSPS) is 10.4. The Labute approximate surface area is 176 Å². The van der Waals surface area contributed by atoms with Crippen LogP contribution in [-0.4, -0.2) is 12.1 Å². The maximum atomic E-state index is 6.19. The molecule has 0 saturated heterocycles. The van der Waals surface area contributed by atoms with E-state index in [0.29, 0.717) is 34.7 Å². The molecule has 0 aliphatic carbocycles. The highest BCUT2D eigenvalue weighted by Crippen LogP contribution is 2.29. The molecule has 0 saturated carbocycles. The van der Waals surface area contributed by atoms with E-state index in [-0.39, 0.29) is 0 Å². The lowest BCUT2D eigenvalue weighted by atomic mass is 10.1. The smallest absolute Gasteiger partial charge is 0.161 e. The summed E-state index contributed by atoms with van der Waals surface area (Å²) in [5, 5.41) is 3.98. The predicted octanol–water partition coefficient (Wildman–Crippen LogP) is 5.70.